The summed E-state index contributed by atoms with van der Waals surface area (Å²) >= 11 is 3.65. The standard InChI is InChI=1S/C21H20O2S2/c1-21(2,3)20-10-9-19(25-20)18-8-7-17(24-18)16-11-13-5-6-14(22-4)12-15(13)23-16/h5-12H,1-4H3. The van der Waals surface area contributed by atoms with Gasteiger partial charge in [-0.2, -0.15) is 0 Å². The molecule has 2 nitrogen and oxygen atoms in total. The largest absolute Gasteiger partial charge is 0.497 e. The van der Waals surface area contributed by atoms with Crippen molar-refractivity contribution in [2.45, 2.75) is 26.2 Å². The lowest BCUT2D eigenvalue weighted by molar-refractivity contribution is 0.414. The molecule has 128 valence electrons. The predicted octanol–water partition coefficient (Wildman–Crippen LogP) is 7.20. The molecule has 4 heteroatoms. The number of fused-ring (bicyclic) bond motifs is 1. The molecule has 0 bridgehead atoms. The van der Waals surface area contributed by atoms with Crippen molar-refractivity contribution in [3.8, 4) is 26.1 Å². The van der Waals surface area contributed by atoms with Gasteiger partial charge in [-0.15, -0.1) is 22.7 Å². The summed E-state index contributed by atoms with van der Waals surface area (Å²) in [6.45, 7) is 6.77. The maximum atomic E-state index is 6.04. The molecule has 0 aliphatic rings. The summed E-state index contributed by atoms with van der Waals surface area (Å²) in [6.07, 6.45) is 0. The molecule has 0 N–H and O–H groups in total. The summed E-state index contributed by atoms with van der Waals surface area (Å²) in [5, 5.41) is 1.09. The molecule has 0 fully saturated rings. The number of ether oxygens (including phenoxy) is 1. The summed E-state index contributed by atoms with van der Waals surface area (Å²) in [5.74, 6) is 1.72. The molecule has 0 spiro atoms. The van der Waals surface area contributed by atoms with Crippen molar-refractivity contribution in [1.82, 2.24) is 0 Å². The molecule has 0 amide bonds. The highest BCUT2D eigenvalue weighted by Crippen LogP contribution is 2.41. The molecule has 0 unspecified atom stereocenters. The first kappa shape index (κ1) is 16.4. The van der Waals surface area contributed by atoms with E-state index in [-0.39, 0.29) is 5.41 Å². The molecular weight excluding hydrogens is 348 g/mol. The van der Waals surface area contributed by atoms with Gasteiger partial charge in [0.2, 0.25) is 0 Å². The van der Waals surface area contributed by atoms with Crippen molar-refractivity contribution < 1.29 is 9.15 Å². The van der Waals surface area contributed by atoms with E-state index in [1.807, 2.05) is 29.5 Å². The second-order valence-electron chi connectivity index (χ2n) is 7.09. The van der Waals surface area contributed by atoms with E-state index in [4.69, 9.17) is 9.15 Å². The first-order valence-electron chi connectivity index (χ1n) is 8.22. The number of hydrogen-bond acceptors (Lipinski definition) is 4. The Morgan fingerprint density at radius 2 is 1.56 bits per heavy atom. The quantitative estimate of drug-likeness (QED) is 0.381. The number of methoxy groups -OCH3 is 1. The maximum Gasteiger partial charge on any atom is 0.145 e. The van der Waals surface area contributed by atoms with E-state index < -0.39 is 0 Å². The zero-order valence-corrected chi connectivity index (χ0v) is 16.4. The van der Waals surface area contributed by atoms with Crippen LogP contribution in [0.15, 0.2) is 52.9 Å². The van der Waals surface area contributed by atoms with E-state index in [1.165, 1.54) is 14.6 Å². The van der Waals surface area contributed by atoms with Crippen LogP contribution < -0.4 is 4.74 Å². The smallest absolute Gasteiger partial charge is 0.145 e. The van der Waals surface area contributed by atoms with Gasteiger partial charge >= 0.3 is 0 Å². The molecule has 25 heavy (non-hydrogen) atoms. The molecule has 0 atom stereocenters. The summed E-state index contributed by atoms with van der Waals surface area (Å²) in [5.41, 5.74) is 1.05. The number of thiophene rings is 2. The molecule has 0 saturated heterocycles. The van der Waals surface area contributed by atoms with Gasteiger partial charge in [0.25, 0.3) is 0 Å². The van der Waals surface area contributed by atoms with Crippen LogP contribution in [-0.2, 0) is 5.41 Å². The van der Waals surface area contributed by atoms with E-state index in [0.29, 0.717) is 0 Å². The van der Waals surface area contributed by atoms with Crippen molar-refractivity contribution in [3.63, 3.8) is 0 Å². The molecule has 0 aliphatic heterocycles. The highest BCUT2D eigenvalue weighted by Gasteiger charge is 2.17. The number of hydrogen-bond donors (Lipinski definition) is 0. The topological polar surface area (TPSA) is 22.4 Å². The Bertz CT molecular complexity index is 1030. The normalized spacial score (nSPS) is 12.0. The number of rotatable bonds is 3. The van der Waals surface area contributed by atoms with Gasteiger partial charge in [-0.3, -0.25) is 0 Å². The summed E-state index contributed by atoms with van der Waals surface area (Å²) in [7, 11) is 1.67. The summed E-state index contributed by atoms with van der Waals surface area (Å²) < 4.78 is 11.3. The third-order valence-corrected chi connectivity index (χ3v) is 6.97. The highest BCUT2D eigenvalue weighted by molar-refractivity contribution is 7.23. The zero-order valence-electron chi connectivity index (χ0n) is 14.8. The highest BCUT2D eigenvalue weighted by atomic mass is 32.1. The van der Waals surface area contributed by atoms with Crippen LogP contribution in [0.1, 0.15) is 25.6 Å². The van der Waals surface area contributed by atoms with Crippen LogP contribution >= 0.6 is 22.7 Å². The fourth-order valence-electron chi connectivity index (χ4n) is 2.74. The third-order valence-electron chi connectivity index (χ3n) is 4.16. The minimum absolute atomic E-state index is 0.195. The second kappa shape index (κ2) is 6.04. The van der Waals surface area contributed by atoms with Crippen molar-refractivity contribution in [1.29, 1.82) is 0 Å². The Balaban J connectivity index is 1.68. The van der Waals surface area contributed by atoms with Gasteiger partial charge in [-0.05, 0) is 47.9 Å². The minimum Gasteiger partial charge on any atom is -0.497 e. The van der Waals surface area contributed by atoms with Gasteiger partial charge < -0.3 is 9.15 Å². The zero-order chi connectivity index (χ0) is 17.6. The van der Waals surface area contributed by atoms with Crippen LogP contribution in [0.3, 0.4) is 0 Å². The molecule has 1 aromatic carbocycles. The number of benzene rings is 1. The van der Waals surface area contributed by atoms with Gasteiger partial charge in [-0.25, -0.2) is 0 Å². The van der Waals surface area contributed by atoms with Gasteiger partial charge in [-0.1, -0.05) is 20.8 Å². The Kier molecular flexibility index (Phi) is 3.97. The lowest BCUT2D eigenvalue weighted by atomic mass is 9.95. The second-order valence-corrected chi connectivity index (χ2v) is 9.26. The van der Waals surface area contributed by atoms with Crippen molar-refractivity contribution >= 4 is 33.6 Å². The molecule has 4 aromatic rings. The van der Waals surface area contributed by atoms with Crippen molar-refractivity contribution in [2.24, 2.45) is 0 Å². The van der Waals surface area contributed by atoms with E-state index in [0.717, 1.165) is 27.4 Å². The van der Waals surface area contributed by atoms with E-state index in [1.54, 1.807) is 18.4 Å². The molecule has 3 aromatic heterocycles. The predicted molar refractivity (Wildman–Crippen MR) is 108 cm³/mol. The van der Waals surface area contributed by atoms with Crippen LogP contribution in [0.2, 0.25) is 0 Å². The molecular formula is C21H20O2S2. The van der Waals surface area contributed by atoms with Crippen LogP contribution in [0.4, 0.5) is 0 Å². The molecule has 0 aliphatic carbocycles. The first-order valence-corrected chi connectivity index (χ1v) is 9.86. The Morgan fingerprint density at radius 3 is 2.28 bits per heavy atom. The average Bonchev–Trinajstić information content (AvgIpc) is 3.29. The minimum atomic E-state index is 0.195. The Hall–Kier alpha value is -2.04. The lowest BCUT2D eigenvalue weighted by Crippen LogP contribution is -2.07. The van der Waals surface area contributed by atoms with Crippen molar-refractivity contribution in [2.75, 3.05) is 7.11 Å². The fourth-order valence-corrected chi connectivity index (χ4v) is 4.85. The van der Waals surface area contributed by atoms with Crippen LogP contribution in [-0.4, -0.2) is 7.11 Å². The van der Waals surface area contributed by atoms with E-state index in [9.17, 15) is 0 Å². The van der Waals surface area contributed by atoms with Crippen LogP contribution in [0.25, 0.3) is 31.4 Å². The van der Waals surface area contributed by atoms with Crippen LogP contribution in [0.5, 0.6) is 5.75 Å². The van der Waals surface area contributed by atoms with E-state index >= 15 is 0 Å². The summed E-state index contributed by atoms with van der Waals surface area (Å²) in [6, 6.07) is 16.8. The molecule has 4 rings (SSSR count). The summed E-state index contributed by atoms with van der Waals surface area (Å²) in [4.78, 5) is 5.16. The Morgan fingerprint density at radius 1 is 0.840 bits per heavy atom. The third kappa shape index (κ3) is 3.12. The first-order chi connectivity index (χ1) is 11.9. The molecule has 0 saturated carbocycles. The fraction of sp³-hybridized carbons (Fsp3) is 0.238. The Labute approximate surface area is 155 Å². The van der Waals surface area contributed by atoms with Crippen molar-refractivity contribution in [3.05, 3.63) is 53.4 Å². The number of furan rings is 1. The SMILES string of the molecule is COc1ccc2cc(-c3ccc(-c4ccc(C(C)(C)C)s4)s3)oc2c1. The van der Waals surface area contributed by atoms with Gasteiger partial charge in [0.05, 0.1) is 12.0 Å². The van der Waals surface area contributed by atoms with Gasteiger partial charge in [0.15, 0.2) is 0 Å². The monoisotopic (exact) mass is 368 g/mol. The average molecular weight is 369 g/mol. The molecule has 0 radical (unpaired) electrons. The van der Waals surface area contributed by atoms with E-state index in [2.05, 4.69) is 51.1 Å². The lowest BCUT2D eigenvalue weighted by Gasteiger charge is -2.15. The maximum absolute atomic E-state index is 6.04. The van der Waals surface area contributed by atoms with Gasteiger partial charge in [0, 0.05) is 26.1 Å². The van der Waals surface area contributed by atoms with Crippen LogP contribution in [0, 0.1) is 0 Å². The van der Waals surface area contributed by atoms with Gasteiger partial charge in [0.1, 0.15) is 17.1 Å². The molecule has 3 heterocycles.